The Balaban J connectivity index is 1.43. The van der Waals surface area contributed by atoms with Gasteiger partial charge in [-0.3, -0.25) is 4.79 Å². The molecule has 1 N–H and O–H groups in total. The topological polar surface area (TPSA) is 50.8 Å². The molecule has 24 heavy (non-hydrogen) atoms. The molecular formula is C17H22Cl2N2O3. The van der Waals surface area contributed by atoms with Gasteiger partial charge in [-0.1, -0.05) is 29.3 Å². The monoisotopic (exact) mass is 372 g/mol. The summed E-state index contributed by atoms with van der Waals surface area (Å²) in [5, 5.41) is 4.30. The highest BCUT2D eigenvalue weighted by atomic mass is 35.5. The molecule has 2 saturated heterocycles. The molecule has 1 amide bonds. The highest BCUT2D eigenvalue weighted by molar-refractivity contribution is 6.42. The van der Waals surface area contributed by atoms with Crippen molar-refractivity contribution in [3.05, 3.63) is 33.8 Å². The fourth-order valence-electron chi connectivity index (χ4n) is 3.03. The van der Waals surface area contributed by atoms with Crippen LogP contribution in [-0.4, -0.2) is 55.8 Å². The number of amides is 1. The summed E-state index contributed by atoms with van der Waals surface area (Å²) in [5.41, 5.74) is 1.01. The number of nitrogens with one attached hydrogen (secondary N) is 1. The number of ether oxygens (including phenoxy) is 2. The Kier molecular flexibility index (Phi) is 6.36. The maximum absolute atomic E-state index is 12.4. The first-order valence-electron chi connectivity index (χ1n) is 8.29. The average Bonchev–Trinajstić information content (AvgIpc) is 2.63. The number of carbonyl (C=O) groups excluding carboxylic acids is 1. The van der Waals surface area contributed by atoms with E-state index in [0.717, 1.165) is 38.0 Å². The number of likely N-dealkylation sites (tertiary alicyclic amines) is 1. The predicted molar refractivity (Wildman–Crippen MR) is 93.5 cm³/mol. The Morgan fingerprint density at radius 2 is 2.08 bits per heavy atom. The van der Waals surface area contributed by atoms with Gasteiger partial charge in [0.2, 0.25) is 5.91 Å². The summed E-state index contributed by atoms with van der Waals surface area (Å²) in [5.74, 6) is 0.137. The highest BCUT2D eigenvalue weighted by Gasteiger charge is 2.29. The van der Waals surface area contributed by atoms with Crippen LogP contribution in [0.25, 0.3) is 0 Å². The number of piperidine rings is 1. The molecule has 5 nitrogen and oxygen atoms in total. The number of morpholine rings is 1. The molecular weight excluding hydrogens is 351 g/mol. The molecule has 0 spiro atoms. The third-order valence-corrected chi connectivity index (χ3v) is 5.18. The Morgan fingerprint density at radius 3 is 2.75 bits per heavy atom. The summed E-state index contributed by atoms with van der Waals surface area (Å²) < 4.78 is 11.3. The zero-order valence-corrected chi connectivity index (χ0v) is 15.0. The summed E-state index contributed by atoms with van der Waals surface area (Å²) in [4.78, 5) is 14.3. The van der Waals surface area contributed by atoms with Crippen LogP contribution in [0.4, 0.5) is 0 Å². The van der Waals surface area contributed by atoms with Gasteiger partial charge in [0.05, 0.1) is 36.0 Å². The zero-order valence-electron chi connectivity index (χ0n) is 13.5. The smallest absolute Gasteiger partial charge is 0.242 e. The van der Waals surface area contributed by atoms with Crippen LogP contribution < -0.4 is 5.32 Å². The van der Waals surface area contributed by atoms with Gasteiger partial charge >= 0.3 is 0 Å². The summed E-state index contributed by atoms with van der Waals surface area (Å²) in [6, 6.07) is 5.33. The molecule has 7 heteroatoms. The highest BCUT2D eigenvalue weighted by Crippen LogP contribution is 2.24. The van der Waals surface area contributed by atoms with Crippen molar-refractivity contribution in [1.29, 1.82) is 0 Å². The van der Waals surface area contributed by atoms with E-state index in [1.807, 2.05) is 17.0 Å². The molecule has 0 radical (unpaired) electrons. The van der Waals surface area contributed by atoms with E-state index in [-0.39, 0.29) is 18.1 Å². The largest absolute Gasteiger partial charge is 0.378 e. The number of nitrogens with zero attached hydrogens (tertiary/aromatic N) is 1. The van der Waals surface area contributed by atoms with Crippen molar-refractivity contribution in [2.45, 2.75) is 31.6 Å². The van der Waals surface area contributed by atoms with Crippen molar-refractivity contribution in [1.82, 2.24) is 10.2 Å². The van der Waals surface area contributed by atoms with E-state index in [9.17, 15) is 4.79 Å². The summed E-state index contributed by atoms with van der Waals surface area (Å²) in [6.45, 7) is 3.83. The molecule has 132 valence electrons. The zero-order chi connectivity index (χ0) is 16.9. The standard InChI is InChI=1S/C17H22Cl2N2O3/c18-14-2-1-12(9-15(14)19)10-24-13-3-6-21(7-4-13)17(22)16-11-23-8-5-20-16/h1-2,9,13,16,20H,3-8,10-11H2. The fourth-order valence-corrected chi connectivity index (χ4v) is 3.35. The van der Waals surface area contributed by atoms with Gasteiger partial charge in [-0.15, -0.1) is 0 Å². The van der Waals surface area contributed by atoms with Crippen LogP contribution in [0.15, 0.2) is 18.2 Å². The molecule has 0 saturated carbocycles. The van der Waals surface area contributed by atoms with E-state index < -0.39 is 0 Å². The molecule has 1 atom stereocenters. The number of hydrogen-bond donors (Lipinski definition) is 1. The summed E-state index contributed by atoms with van der Waals surface area (Å²) in [7, 11) is 0. The van der Waals surface area contributed by atoms with Crippen LogP contribution in [0.1, 0.15) is 18.4 Å². The Morgan fingerprint density at radius 1 is 1.29 bits per heavy atom. The van der Waals surface area contributed by atoms with Crippen molar-refractivity contribution in [2.24, 2.45) is 0 Å². The number of carbonyl (C=O) groups is 1. The Hall–Kier alpha value is -0.850. The SMILES string of the molecule is O=C(C1COCCN1)N1CCC(OCc2ccc(Cl)c(Cl)c2)CC1. The van der Waals surface area contributed by atoms with Gasteiger partial charge < -0.3 is 19.7 Å². The van der Waals surface area contributed by atoms with Crippen molar-refractivity contribution < 1.29 is 14.3 Å². The van der Waals surface area contributed by atoms with E-state index >= 15 is 0 Å². The van der Waals surface area contributed by atoms with Crippen molar-refractivity contribution >= 4 is 29.1 Å². The maximum atomic E-state index is 12.4. The molecule has 2 aliphatic heterocycles. The summed E-state index contributed by atoms with van der Waals surface area (Å²) >= 11 is 11.9. The lowest BCUT2D eigenvalue weighted by Gasteiger charge is -2.35. The Bertz CT molecular complexity index is 571. The molecule has 2 heterocycles. The number of halogens is 2. The van der Waals surface area contributed by atoms with Crippen LogP contribution in [0.3, 0.4) is 0 Å². The fraction of sp³-hybridized carbons (Fsp3) is 0.588. The second-order valence-corrected chi connectivity index (χ2v) is 6.98. The van der Waals surface area contributed by atoms with E-state index in [0.29, 0.717) is 29.9 Å². The number of benzene rings is 1. The van der Waals surface area contributed by atoms with Gasteiger partial charge in [0.25, 0.3) is 0 Å². The third kappa shape index (κ3) is 4.61. The number of rotatable bonds is 4. The lowest BCUT2D eigenvalue weighted by atomic mass is 10.1. The van der Waals surface area contributed by atoms with Gasteiger partial charge in [-0.05, 0) is 30.5 Å². The van der Waals surface area contributed by atoms with Crippen molar-refractivity contribution in [2.75, 3.05) is 32.8 Å². The molecule has 1 unspecified atom stereocenters. The average molecular weight is 373 g/mol. The Labute approximate surface area is 152 Å². The van der Waals surface area contributed by atoms with Crippen LogP contribution in [0, 0.1) is 0 Å². The molecule has 2 fully saturated rings. The van der Waals surface area contributed by atoms with Crippen LogP contribution in [0.2, 0.25) is 10.0 Å². The molecule has 0 bridgehead atoms. The quantitative estimate of drug-likeness (QED) is 0.881. The van der Waals surface area contributed by atoms with E-state index in [1.165, 1.54) is 0 Å². The van der Waals surface area contributed by atoms with Crippen LogP contribution in [0.5, 0.6) is 0 Å². The normalized spacial score (nSPS) is 22.6. The van der Waals surface area contributed by atoms with Gasteiger partial charge in [-0.25, -0.2) is 0 Å². The minimum absolute atomic E-state index is 0.137. The van der Waals surface area contributed by atoms with Gasteiger partial charge in [0, 0.05) is 19.6 Å². The molecule has 0 aliphatic carbocycles. The molecule has 1 aromatic carbocycles. The van der Waals surface area contributed by atoms with Gasteiger partial charge in [0.15, 0.2) is 0 Å². The van der Waals surface area contributed by atoms with Crippen molar-refractivity contribution in [3.63, 3.8) is 0 Å². The second kappa shape index (κ2) is 8.50. The minimum Gasteiger partial charge on any atom is -0.378 e. The van der Waals surface area contributed by atoms with Crippen LogP contribution >= 0.6 is 23.2 Å². The first-order chi connectivity index (χ1) is 11.6. The van der Waals surface area contributed by atoms with E-state index in [2.05, 4.69) is 5.32 Å². The number of hydrogen-bond acceptors (Lipinski definition) is 4. The lowest BCUT2D eigenvalue weighted by molar-refractivity contribution is -0.139. The molecule has 0 aromatic heterocycles. The van der Waals surface area contributed by atoms with E-state index in [4.69, 9.17) is 32.7 Å². The van der Waals surface area contributed by atoms with Gasteiger partial charge in [0.1, 0.15) is 6.04 Å². The summed E-state index contributed by atoms with van der Waals surface area (Å²) in [6.07, 6.45) is 1.86. The van der Waals surface area contributed by atoms with E-state index in [1.54, 1.807) is 6.07 Å². The first-order valence-corrected chi connectivity index (χ1v) is 9.04. The lowest BCUT2D eigenvalue weighted by Crippen LogP contribution is -2.54. The predicted octanol–water partition coefficient (Wildman–Crippen LogP) is 2.49. The molecule has 1 aromatic rings. The molecule has 3 rings (SSSR count). The molecule has 2 aliphatic rings. The van der Waals surface area contributed by atoms with Gasteiger partial charge in [-0.2, -0.15) is 0 Å². The minimum atomic E-state index is -0.201. The van der Waals surface area contributed by atoms with Crippen LogP contribution in [-0.2, 0) is 20.9 Å². The first kappa shape index (κ1) is 18.0. The van der Waals surface area contributed by atoms with Crippen molar-refractivity contribution in [3.8, 4) is 0 Å². The maximum Gasteiger partial charge on any atom is 0.242 e. The third-order valence-electron chi connectivity index (χ3n) is 4.44. The second-order valence-electron chi connectivity index (χ2n) is 6.17.